The number of phenols is 1. The lowest BCUT2D eigenvalue weighted by Crippen LogP contribution is -2.11. The molecule has 0 fully saturated rings. The fraction of sp³-hybridized carbons (Fsp3) is 0. The Labute approximate surface area is 119 Å². The largest absolute Gasteiger partial charge is 0.508 e. The van der Waals surface area contributed by atoms with Gasteiger partial charge in [-0.2, -0.15) is 0 Å². The van der Waals surface area contributed by atoms with E-state index < -0.39 is 0 Å². The molecule has 0 spiro atoms. The molecule has 2 aromatic rings. The molecule has 1 aromatic carbocycles. The van der Waals surface area contributed by atoms with Crippen molar-refractivity contribution in [1.82, 2.24) is 0 Å². The molecule has 0 radical (unpaired) electrons. The topological polar surface area (TPSA) is 49.3 Å². The van der Waals surface area contributed by atoms with Crippen LogP contribution >= 0.6 is 43.2 Å². The molecule has 0 saturated heterocycles. The van der Waals surface area contributed by atoms with Crippen molar-refractivity contribution in [3.63, 3.8) is 0 Å². The summed E-state index contributed by atoms with van der Waals surface area (Å²) < 4.78 is 1.67. The molecule has 2 N–H and O–H groups in total. The van der Waals surface area contributed by atoms with Crippen molar-refractivity contribution in [2.45, 2.75) is 0 Å². The van der Waals surface area contributed by atoms with E-state index in [9.17, 15) is 4.79 Å². The molecule has 0 bridgehead atoms. The number of nitrogens with one attached hydrogen (secondary N) is 1. The van der Waals surface area contributed by atoms with Crippen LogP contribution in [0.2, 0.25) is 0 Å². The van der Waals surface area contributed by atoms with E-state index in [4.69, 9.17) is 5.11 Å². The van der Waals surface area contributed by atoms with Gasteiger partial charge in [0.05, 0.1) is 13.1 Å². The molecule has 1 heterocycles. The Kier molecular flexibility index (Phi) is 3.86. The highest BCUT2D eigenvalue weighted by atomic mass is 79.9. The summed E-state index contributed by atoms with van der Waals surface area (Å²) in [6, 6.07) is 8.08. The number of amides is 1. The Morgan fingerprint density at radius 3 is 2.41 bits per heavy atom. The quantitative estimate of drug-likeness (QED) is 0.770. The lowest BCUT2D eigenvalue weighted by Gasteiger charge is -2.04. The number of carbonyl (C=O) groups is 1. The molecule has 0 aliphatic heterocycles. The molecule has 1 aromatic heterocycles. The van der Waals surface area contributed by atoms with Crippen molar-refractivity contribution in [3.05, 3.63) is 43.5 Å². The SMILES string of the molecule is O=C(Nc1ccc(O)cc1)c1cc(Br)sc1Br. The second-order valence-electron chi connectivity index (χ2n) is 3.24. The zero-order valence-corrected chi connectivity index (χ0v) is 12.4. The highest BCUT2D eigenvalue weighted by Gasteiger charge is 2.13. The van der Waals surface area contributed by atoms with Crippen LogP contribution < -0.4 is 5.32 Å². The number of thiophene rings is 1. The van der Waals surface area contributed by atoms with E-state index in [0.29, 0.717) is 11.3 Å². The van der Waals surface area contributed by atoms with Gasteiger partial charge in [-0.1, -0.05) is 0 Å². The summed E-state index contributed by atoms with van der Waals surface area (Å²) in [4.78, 5) is 11.9. The first-order valence-electron chi connectivity index (χ1n) is 4.61. The molecule has 17 heavy (non-hydrogen) atoms. The summed E-state index contributed by atoms with van der Waals surface area (Å²) in [5.74, 6) is -0.0213. The van der Waals surface area contributed by atoms with Gasteiger partial charge in [0.15, 0.2) is 0 Å². The first-order valence-corrected chi connectivity index (χ1v) is 7.02. The number of aromatic hydroxyl groups is 1. The monoisotopic (exact) mass is 375 g/mol. The van der Waals surface area contributed by atoms with E-state index in [1.807, 2.05) is 0 Å². The number of rotatable bonds is 2. The van der Waals surface area contributed by atoms with Crippen LogP contribution in [-0.2, 0) is 0 Å². The number of carbonyl (C=O) groups excluding carboxylic acids is 1. The zero-order valence-electron chi connectivity index (χ0n) is 8.41. The molecule has 0 saturated carbocycles. The lowest BCUT2D eigenvalue weighted by atomic mass is 10.2. The normalized spacial score (nSPS) is 10.2. The van der Waals surface area contributed by atoms with Crippen LogP contribution in [0.15, 0.2) is 37.9 Å². The van der Waals surface area contributed by atoms with Gasteiger partial charge in [0.25, 0.3) is 5.91 Å². The van der Waals surface area contributed by atoms with Crippen LogP contribution in [0.1, 0.15) is 10.4 Å². The summed E-state index contributed by atoms with van der Waals surface area (Å²) in [6.07, 6.45) is 0. The summed E-state index contributed by atoms with van der Waals surface area (Å²) in [6.45, 7) is 0. The van der Waals surface area contributed by atoms with Gasteiger partial charge >= 0.3 is 0 Å². The molecular weight excluding hydrogens is 370 g/mol. The molecule has 6 heteroatoms. The van der Waals surface area contributed by atoms with Crippen LogP contribution in [0, 0.1) is 0 Å². The third kappa shape index (κ3) is 3.08. The fourth-order valence-electron chi connectivity index (χ4n) is 1.24. The maximum absolute atomic E-state index is 11.9. The first-order chi connectivity index (χ1) is 8.06. The highest BCUT2D eigenvalue weighted by molar-refractivity contribution is 9.12. The van der Waals surface area contributed by atoms with E-state index in [0.717, 1.165) is 7.57 Å². The fourth-order valence-corrected chi connectivity index (χ4v) is 4.03. The molecule has 88 valence electrons. The number of phenolic OH excluding ortho intramolecular Hbond substituents is 1. The molecule has 3 nitrogen and oxygen atoms in total. The second kappa shape index (κ2) is 5.20. The minimum absolute atomic E-state index is 0.169. The Morgan fingerprint density at radius 1 is 1.24 bits per heavy atom. The minimum Gasteiger partial charge on any atom is -0.508 e. The third-order valence-corrected chi connectivity index (χ3v) is 4.37. The Morgan fingerprint density at radius 2 is 1.88 bits per heavy atom. The Bertz CT molecular complexity index is 551. The molecule has 0 atom stereocenters. The molecule has 0 aliphatic rings. The van der Waals surface area contributed by atoms with E-state index in [-0.39, 0.29) is 11.7 Å². The maximum atomic E-state index is 11.9. The number of anilines is 1. The van der Waals surface area contributed by atoms with Crippen molar-refractivity contribution in [1.29, 1.82) is 0 Å². The Balaban J connectivity index is 2.17. The van der Waals surface area contributed by atoms with Crippen LogP contribution in [0.4, 0.5) is 5.69 Å². The van der Waals surface area contributed by atoms with Crippen molar-refractivity contribution >= 4 is 54.8 Å². The molecular formula is C11H7Br2NO2S. The third-order valence-electron chi connectivity index (χ3n) is 2.03. The van der Waals surface area contributed by atoms with Crippen molar-refractivity contribution in [3.8, 4) is 5.75 Å². The van der Waals surface area contributed by atoms with Crippen LogP contribution in [-0.4, -0.2) is 11.0 Å². The minimum atomic E-state index is -0.190. The highest BCUT2D eigenvalue weighted by Crippen LogP contribution is 2.32. The van der Waals surface area contributed by atoms with Crippen LogP contribution in [0.3, 0.4) is 0 Å². The summed E-state index contributed by atoms with van der Waals surface area (Å²) in [7, 11) is 0. The van der Waals surface area contributed by atoms with Gasteiger partial charge in [-0.3, -0.25) is 4.79 Å². The average molecular weight is 377 g/mol. The van der Waals surface area contributed by atoms with E-state index >= 15 is 0 Å². The predicted octanol–water partition coefficient (Wildman–Crippen LogP) is 4.23. The molecule has 2 rings (SSSR count). The van der Waals surface area contributed by atoms with E-state index in [1.165, 1.54) is 23.5 Å². The predicted molar refractivity (Wildman–Crippen MR) is 75.8 cm³/mol. The molecule has 0 aliphatic carbocycles. The second-order valence-corrected chi connectivity index (χ2v) is 6.99. The number of halogens is 2. The van der Waals surface area contributed by atoms with Crippen molar-refractivity contribution in [2.75, 3.05) is 5.32 Å². The van der Waals surface area contributed by atoms with Gasteiger partial charge in [0, 0.05) is 5.69 Å². The summed E-state index contributed by atoms with van der Waals surface area (Å²) >= 11 is 8.10. The number of hydrogen-bond donors (Lipinski definition) is 2. The smallest absolute Gasteiger partial charge is 0.257 e. The molecule has 1 amide bonds. The molecule has 0 unspecified atom stereocenters. The standard InChI is InChI=1S/C11H7Br2NO2S/c12-9-5-8(10(13)17-9)11(16)14-6-1-3-7(15)4-2-6/h1-5,15H,(H,14,16). The summed E-state index contributed by atoms with van der Waals surface area (Å²) in [5, 5.41) is 11.9. The van der Waals surface area contributed by atoms with Gasteiger partial charge < -0.3 is 10.4 Å². The van der Waals surface area contributed by atoms with Gasteiger partial charge in [0.1, 0.15) is 5.75 Å². The lowest BCUT2D eigenvalue weighted by molar-refractivity contribution is 0.102. The summed E-state index contributed by atoms with van der Waals surface area (Å²) in [5.41, 5.74) is 1.22. The number of hydrogen-bond acceptors (Lipinski definition) is 3. The Hall–Kier alpha value is -0.850. The van der Waals surface area contributed by atoms with Gasteiger partial charge in [-0.05, 0) is 62.2 Å². The van der Waals surface area contributed by atoms with E-state index in [2.05, 4.69) is 37.2 Å². The van der Waals surface area contributed by atoms with Gasteiger partial charge in [-0.25, -0.2) is 0 Å². The van der Waals surface area contributed by atoms with Crippen molar-refractivity contribution < 1.29 is 9.90 Å². The van der Waals surface area contributed by atoms with Crippen LogP contribution in [0.25, 0.3) is 0 Å². The van der Waals surface area contributed by atoms with E-state index in [1.54, 1.807) is 18.2 Å². The number of benzene rings is 1. The maximum Gasteiger partial charge on any atom is 0.257 e. The van der Waals surface area contributed by atoms with Gasteiger partial charge in [-0.15, -0.1) is 11.3 Å². The average Bonchev–Trinajstić information content (AvgIpc) is 2.61. The van der Waals surface area contributed by atoms with Gasteiger partial charge in [0.2, 0.25) is 0 Å². The first kappa shape index (κ1) is 12.6. The van der Waals surface area contributed by atoms with Crippen molar-refractivity contribution in [2.24, 2.45) is 0 Å². The van der Waals surface area contributed by atoms with Crippen LogP contribution in [0.5, 0.6) is 5.75 Å². The zero-order chi connectivity index (χ0) is 12.4.